The van der Waals surface area contributed by atoms with E-state index in [2.05, 4.69) is 15.3 Å². The van der Waals surface area contributed by atoms with Gasteiger partial charge in [0.15, 0.2) is 0 Å². The summed E-state index contributed by atoms with van der Waals surface area (Å²) >= 11 is 1.65. The van der Waals surface area contributed by atoms with Gasteiger partial charge in [-0.3, -0.25) is 4.98 Å². The predicted octanol–water partition coefficient (Wildman–Crippen LogP) is 2.74. The van der Waals surface area contributed by atoms with Crippen molar-refractivity contribution >= 4 is 30.1 Å². The van der Waals surface area contributed by atoms with Crippen LogP contribution in [0, 0.1) is 0 Å². The number of hydrogen-bond acceptors (Lipinski definition) is 5. The van der Waals surface area contributed by atoms with Gasteiger partial charge in [-0.25, -0.2) is 4.99 Å². The van der Waals surface area contributed by atoms with E-state index in [0.29, 0.717) is 0 Å². The maximum Gasteiger partial charge on any atom is 0.146 e. The minimum absolute atomic E-state index is 0.299. The molecule has 1 aromatic heterocycles. The molecule has 1 aliphatic rings. The minimum Gasteiger partial charge on any atom is -0.363 e. The molecule has 0 radical (unpaired) electrons. The Morgan fingerprint density at radius 1 is 1.16 bits per heavy atom. The fourth-order valence-corrected chi connectivity index (χ4v) is 2.73. The van der Waals surface area contributed by atoms with Crippen LogP contribution in [0.3, 0.4) is 0 Å². The number of nitrogens with one attached hydrogen (secondary N) is 1. The summed E-state index contributed by atoms with van der Waals surface area (Å²) < 4.78 is 0. The first-order valence-corrected chi connectivity index (χ1v) is 6.64. The largest absolute Gasteiger partial charge is 0.363 e. The van der Waals surface area contributed by atoms with Crippen LogP contribution in [0.25, 0.3) is 0 Å². The van der Waals surface area contributed by atoms with Crippen molar-refractivity contribution in [1.82, 2.24) is 10.3 Å². The third-order valence-electron chi connectivity index (χ3n) is 2.82. The maximum atomic E-state index is 11.0. The number of aromatic nitrogens is 1. The Balaban J connectivity index is 1.90. The molecule has 0 saturated carbocycles. The maximum absolute atomic E-state index is 11.0. The predicted molar refractivity (Wildman–Crippen MR) is 74.9 cm³/mol. The zero-order chi connectivity index (χ0) is 13.1. The summed E-state index contributed by atoms with van der Waals surface area (Å²) in [4.78, 5) is 21.4. The number of aldehydes is 1. The zero-order valence-corrected chi connectivity index (χ0v) is 10.8. The third-order valence-corrected chi connectivity index (χ3v) is 3.81. The van der Waals surface area contributed by atoms with Crippen molar-refractivity contribution in [3.8, 4) is 0 Å². The average molecular weight is 269 g/mol. The van der Waals surface area contributed by atoms with Gasteiger partial charge in [-0.2, -0.15) is 0 Å². The van der Waals surface area contributed by atoms with Crippen LogP contribution in [0.5, 0.6) is 0 Å². The minimum atomic E-state index is -0.299. The zero-order valence-electron chi connectivity index (χ0n) is 9.98. The topological polar surface area (TPSA) is 54.4 Å². The summed E-state index contributed by atoms with van der Waals surface area (Å²) in [7, 11) is 0. The van der Waals surface area contributed by atoms with Crippen molar-refractivity contribution in [2.24, 2.45) is 4.99 Å². The van der Waals surface area contributed by atoms with E-state index in [1.54, 1.807) is 30.5 Å². The van der Waals surface area contributed by atoms with E-state index in [4.69, 9.17) is 0 Å². The molecule has 0 amide bonds. The van der Waals surface area contributed by atoms with Gasteiger partial charge in [0.25, 0.3) is 0 Å². The van der Waals surface area contributed by atoms with Gasteiger partial charge in [0.2, 0.25) is 0 Å². The van der Waals surface area contributed by atoms with Crippen molar-refractivity contribution in [2.45, 2.75) is 15.8 Å². The first-order chi connectivity index (χ1) is 9.36. The van der Waals surface area contributed by atoms with Crippen LogP contribution in [-0.2, 0) is 4.79 Å². The van der Waals surface area contributed by atoms with Crippen molar-refractivity contribution in [3.05, 3.63) is 48.3 Å². The lowest BCUT2D eigenvalue weighted by atomic mass is 10.1. The summed E-state index contributed by atoms with van der Waals surface area (Å²) in [5.41, 5.74) is 1.76. The molecule has 2 aromatic rings. The van der Waals surface area contributed by atoms with Crippen molar-refractivity contribution in [1.29, 1.82) is 0 Å². The summed E-state index contributed by atoms with van der Waals surface area (Å²) in [6.45, 7) is 0. The van der Waals surface area contributed by atoms with Gasteiger partial charge in [0.1, 0.15) is 12.3 Å². The Morgan fingerprint density at radius 2 is 2.00 bits per heavy atom. The molecule has 1 aliphatic heterocycles. The van der Waals surface area contributed by atoms with E-state index in [1.807, 2.05) is 30.3 Å². The Kier molecular flexibility index (Phi) is 3.29. The van der Waals surface area contributed by atoms with Crippen LogP contribution in [0.15, 0.2) is 57.5 Å². The lowest BCUT2D eigenvalue weighted by Gasteiger charge is -2.18. The average Bonchev–Trinajstić information content (AvgIpc) is 2.47. The Morgan fingerprint density at radius 3 is 2.79 bits per heavy atom. The highest BCUT2D eigenvalue weighted by atomic mass is 32.2. The highest BCUT2D eigenvalue weighted by molar-refractivity contribution is 7.99. The molecule has 0 spiro atoms. The summed E-state index contributed by atoms with van der Waals surface area (Å²) in [5, 5.41) is 2.92. The van der Waals surface area contributed by atoms with E-state index in [-0.39, 0.29) is 6.04 Å². The standard InChI is InChI=1S/C14H11N3OS/c18-8-14-12-2-1-11(7-13(12)16-9-17-14)19-10-3-5-15-6-4-10/h1-9,14H,(H,16,17). The number of rotatable bonds is 3. The molecule has 0 aliphatic carbocycles. The molecule has 4 nitrogen and oxygen atoms in total. The fraction of sp³-hybridized carbons (Fsp3) is 0.0714. The van der Waals surface area contributed by atoms with Crippen LogP contribution in [0.1, 0.15) is 11.6 Å². The molecule has 3 rings (SSSR count). The Hall–Kier alpha value is -2.14. The smallest absolute Gasteiger partial charge is 0.146 e. The number of pyridine rings is 1. The number of aliphatic imine (C=N–C) groups is 1. The first kappa shape index (κ1) is 11.9. The van der Waals surface area contributed by atoms with Crippen molar-refractivity contribution < 1.29 is 4.79 Å². The molecule has 19 heavy (non-hydrogen) atoms. The fourth-order valence-electron chi connectivity index (χ4n) is 1.89. The molecule has 94 valence electrons. The molecule has 1 unspecified atom stereocenters. The van der Waals surface area contributed by atoms with Crippen LogP contribution >= 0.6 is 11.8 Å². The SMILES string of the molecule is O=CC1NC=Nc2cc(Sc3ccncc3)ccc21. The Labute approximate surface area is 115 Å². The van der Waals surface area contributed by atoms with Gasteiger partial charge in [-0.1, -0.05) is 17.8 Å². The quantitative estimate of drug-likeness (QED) is 0.870. The second kappa shape index (κ2) is 5.24. The second-order valence-electron chi connectivity index (χ2n) is 4.04. The van der Waals surface area contributed by atoms with E-state index in [0.717, 1.165) is 27.3 Å². The van der Waals surface area contributed by atoms with Crippen LogP contribution in [0.4, 0.5) is 5.69 Å². The summed E-state index contributed by atoms with van der Waals surface area (Å²) in [6, 6.07) is 9.57. The van der Waals surface area contributed by atoms with Gasteiger partial charge in [-0.05, 0) is 24.3 Å². The number of hydrogen-bond donors (Lipinski definition) is 1. The number of nitrogens with zero attached hydrogens (tertiary/aromatic N) is 2. The summed E-state index contributed by atoms with van der Waals surface area (Å²) in [6.07, 6.45) is 6.00. The van der Waals surface area contributed by atoms with Crippen LogP contribution in [0.2, 0.25) is 0 Å². The van der Waals surface area contributed by atoms with Crippen LogP contribution in [-0.4, -0.2) is 17.6 Å². The van der Waals surface area contributed by atoms with Gasteiger partial charge < -0.3 is 10.1 Å². The molecule has 5 heteroatoms. The second-order valence-corrected chi connectivity index (χ2v) is 5.19. The molecule has 0 bridgehead atoms. The highest BCUT2D eigenvalue weighted by Crippen LogP contribution is 2.34. The monoisotopic (exact) mass is 269 g/mol. The van der Waals surface area contributed by atoms with E-state index < -0.39 is 0 Å². The Bertz CT molecular complexity index is 628. The lowest BCUT2D eigenvalue weighted by Crippen LogP contribution is -2.23. The van der Waals surface area contributed by atoms with E-state index >= 15 is 0 Å². The van der Waals surface area contributed by atoms with Gasteiger partial charge >= 0.3 is 0 Å². The molecule has 1 aromatic carbocycles. The van der Waals surface area contributed by atoms with Crippen molar-refractivity contribution in [2.75, 3.05) is 0 Å². The summed E-state index contributed by atoms with van der Waals surface area (Å²) in [5.74, 6) is 0. The third kappa shape index (κ3) is 2.51. The molecule has 1 atom stereocenters. The van der Waals surface area contributed by atoms with Gasteiger partial charge in [-0.15, -0.1) is 0 Å². The molecular weight excluding hydrogens is 258 g/mol. The lowest BCUT2D eigenvalue weighted by molar-refractivity contribution is -0.109. The molecule has 2 heterocycles. The number of carbonyl (C=O) groups is 1. The molecule has 1 N–H and O–H groups in total. The number of benzene rings is 1. The number of fused-ring (bicyclic) bond motifs is 1. The molecular formula is C14H11N3OS. The van der Waals surface area contributed by atoms with Gasteiger partial charge in [0, 0.05) is 27.7 Å². The number of carbonyl (C=O) groups excluding carboxylic acids is 1. The molecule has 0 fully saturated rings. The van der Waals surface area contributed by atoms with Crippen LogP contribution < -0.4 is 5.32 Å². The molecule has 0 saturated heterocycles. The van der Waals surface area contributed by atoms with Gasteiger partial charge in [0.05, 0.1) is 12.0 Å². The van der Waals surface area contributed by atoms with Crippen molar-refractivity contribution in [3.63, 3.8) is 0 Å². The van der Waals surface area contributed by atoms with E-state index in [9.17, 15) is 4.79 Å². The highest BCUT2D eigenvalue weighted by Gasteiger charge is 2.16. The normalized spacial score (nSPS) is 16.5. The first-order valence-electron chi connectivity index (χ1n) is 5.82. The van der Waals surface area contributed by atoms with E-state index in [1.165, 1.54) is 0 Å².